The van der Waals surface area contributed by atoms with Crippen molar-refractivity contribution in [3.8, 4) is 0 Å². The van der Waals surface area contributed by atoms with Crippen LogP contribution in [0.3, 0.4) is 0 Å². The summed E-state index contributed by atoms with van der Waals surface area (Å²) in [5, 5.41) is 12.8. The van der Waals surface area contributed by atoms with Crippen LogP contribution in [0.4, 0.5) is 0 Å². The Morgan fingerprint density at radius 2 is 2.38 bits per heavy atom. The maximum Gasteiger partial charge on any atom is 0.337 e. The Morgan fingerprint density at radius 1 is 1.69 bits per heavy atom. The van der Waals surface area contributed by atoms with Crippen molar-refractivity contribution in [1.82, 2.24) is 5.01 Å². The number of ether oxygens (including phenoxy) is 1. The van der Waals surface area contributed by atoms with Gasteiger partial charge in [-0.25, -0.2) is 4.79 Å². The number of hydrogen-bond donors (Lipinski definition) is 1. The van der Waals surface area contributed by atoms with Crippen LogP contribution in [0.15, 0.2) is 5.29 Å². The van der Waals surface area contributed by atoms with Crippen molar-refractivity contribution in [3.63, 3.8) is 0 Å². The molecule has 0 aliphatic carbocycles. The maximum atomic E-state index is 10.9. The fourth-order valence-corrected chi connectivity index (χ4v) is 1.50. The smallest absolute Gasteiger partial charge is 0.337 e. The first kappa shape index (κ1) is 9.91. The number of piperidine rings is 1. The molecule has 13 heavy (non-hydrogen) atoms. The van der Waals surface area contributed by atoms with Crippen LogP contribution in [-0.2, 0) is 9.53 Å². The van der Waals surface area contributed by atoms with Crippen molar-refractivity contribution in [1.29, 1.82) is 0 Å². The highest BCUT2D eigenvalue weighted by atomic mass is 16.5. The molecule has 1 aliphatic rings. The summed E-state index contributed by atoms with van der Waals surface area (Å²) < 4.78 is 4.93. The zero-order valence-electron chi connectivity index (χ0n) is 7.39. The summed E-state index contributed by atoms with van der Waals surface area (Å²) in [5.41, 5.74) is -1.26. The number of rotatable bonds is 3. The maximum absolute atomic E-state index is 10.9. The minimum Gasteiger partial charge on any atom is -0.479 e. The normalized spacial score (nSPS) is 28.5. The Morgan fingerprint density at radius 3 is 2.85 bits per heavy atom. The third-order valence-corrected chi connectivity index (χ3v) is 2.33. The molecule has 1 saturated heterocycles. The Hall–Kier alpha value is -1.17. The fraction of sp³-hybridized carbons (Fsp3) is 0.857. The van der Waals surface area contributed by atoms with E-state index in [1.807, 2.05) is 0 Å². The van der Waals surface area contributed by atoms with E-state index in [2.05, 4.69) is 5.29 Å². The minimum atomic E-state index is -1.26. The van der Waals surface area contributed by atoms with Gasteiger partial charge in [0.2, 0.25) is 0 Å². The highest BCUT2D eigenvalue weighted by Crippen LogP contribution is 2.24. The number of carboxylic acids is 1. The number of methoxy groups -OCH3 is 1. The Balaban J connectivity index is 2.75. The van der Waals surface area contributed by atoms with Crippen molar-refractivity contribution in [3.05, 3.63) is 4.91 Å². The van der Waals surface area contributed by atoms with Gasteiger partial charge in [0.05, 0.1) is 11.8 Å². The number of nitrogens with zero attached hydrogens (tertiary/aromatic N) is 2. The van der Waals surface area contributed by atoms with Crippen molar-refractivity contribution in [2.75, 3.05) is 20.2 Å². The third kappa shape index (κ3) is 1.77. The molecule has 1 unspecified atom stereocenters. The second-order valence-corrected chi connectivity index (χ2v) is 3.08. The Labute approximate surface area is 75.4 Å². The van der Waals surface area contributed by atoms with Crippen LogP contribution in [0.2, 0.25) is 0 Å². The summed E-state index contributed by atoms with van der Waals surface area (Å²) in [6.45, 7) is 0.532. The van der Waals surface area contributed by atoms with Gasteiger partial charge in [-0.2, -0.15) is 0 Å². The Bertz CT molecular complexity index is 221. The molecule has 0 amide bonds. The largest absolute Gasteiger partial charge is 0.479 e. The lowest BCUT2D eigenvalue weighted by Gasteiger charge is -2.35. The first-order valence-corrected chi connectivity index (χ1v) is 4.01. The molecule has 1 N–H and O–H groups in total. The van der Waals surface area contributed by atoms with E-state index < -0.39 is 11.6 Å². The SMILES string of the molecule is COC1(C(=O)O)CCCN(N=O)C1. The number of carboxylic acid groups (broad SMARTS) is 1. The second-order valence-electron chi connectivity index (χ2n) is 3.08. The summed E-state index contributed by atoms with van der Waals surface area (Å²) in [6.07, 6.45) is 1.02. The fourth-order valence-electron chi connectivity index (χ4n) is 1.50. The van der Waals surface area contributed by atoms with Crippen molar-refractivity contribution in [2.24, 2.45) is 5.29 Å². The van der Waals surface area contributed by atoms with Crippen molar-refractivity contribution < 1.29 is 14.6 Å². The predicted octanol–water partition coefficient (Wildman–Crippen LogP) is 0.233. The molecule has 74 valence electrons. The van der Waals surface area contributed by atoms with Gasteiger partial charge in [-0.05, 0) is 12.8 Å². The van der Waals surface area contributed by atoms with Crippen molar-refractivity contribution in [2.45, 2.75) is 18.4 Å². The number of hydrogen-bond acceptors (Lipinski definition) is 4. The van der Waals surface area contributed by atoms with E-state index in [1.165, 1.54) is 12.1 Å². The van der Waals surface area contributed by atoms with Gasteiger partial charge >= 0.3 is 5.97 Å². The lowest BCUT2D eigenvalue weighted by atomic mass is 9.94. The molecule has 6 heteroatoms. The van der Waals surface area contributed by atoms with Crippen LogP contribution in [0.25, 0.3) is 0 Å². The zero-order valence-corrected chi connectivity index (χ0v) is 7.39. The molecule has 1 fully saturated rings. The number of carbonyl (C=O) groups is 1. The summed E-state index contributed by atoms with van der Waals surface area (Å²) >= 11 is 0. The van der Waals surface area contributed by atoms with E-state index >= 15 is 0 Å². The standard InChI is InChI=1S/C7H12N2O4/c1-13-7(6(10)11)3-2-4-9(5-7)8-12/h2-5H2,1H3,(H,10,11). The van der Waals surface area contributed by atoms with E-state index in [-0.39, 0.29) is 6.54 Å². The molecule has 0 aromatic carbocycles. The lowest BCUT2D eigenvalue weighted by Crippen LogP contribution is -2.52. The third-order valence-electron chi connectivity index (χ3n) is 2.33. The molecule has 0 spiro atoms. The zero-order chi connectivity index (χ0) is 9.90. The van der Waals surface area contributed by atoms with Crippen molar-refractivity contribution >= 4 is 5.97 Å². The van der Waals surface area contributed by atoms with E-state index in [4.69, 9.17) is 9.84 Å². The molecule has 6 nitrogen and oxygen atoms in total. The highest BCUT2D eigenvalue weighted by molar-refractivity contribution is 5.78. The predicted molar refractivity (Wildman–Crippen MR) is 44.0 cm³/mol. The van der Waals surface area contributed by atoms with Gasteiger partial charge in [0, 0.05) is 13.7 Å². The van der Waals surface area contributed by atoms with E-state index in [9.17, 15) is 9.70 Å². The Kier molecular flexibility index (Phi) is 2.82. The molecule has 0 aromatic rings. The average molecular weight is 188 g/mol. The second kappa shape index (κ2) is 3.69. The van der Waals surface area contributed by atoms with E-state index in [1.54, 1.807) is 0 Å². The molecule has 1 atom stereocenters. The first-order chi connectivity index (χ1) is 6.14. The van der Waals surface area contributed by atoms with Gasteiger partial charge < -0.3 is 9.84 Å². The van der Waals surface area contributed by atoms with E-state index in [0.29, 0.717) is 19.4 Å². The molecule has 0 radical (unpaired) electrons. The van der Waals surface area contributed by atoms with Gasteiger partial charge in [-0.3, -0.25) is 5.01 Å². The molecule has 1 heterocycles. The molecule has 0 bridgehead atoms. The highest BCUT2D eigenvalue weighted by Gasteiger charge is 2.43. The van der Waals surface area contributed by atoms with Gasteiger partial charge in [0.15, 0.2) is 5.60 Å². The van der Waals surface area contributed by atoms with Crippen LogP contribution >= 0.6 is 0 Å². The number of aliphatic carboxylic acids is 1. The van der Waals surface area contributed by atoms with Gasteiger partial charge in [0.25, 0.3) is 0 Å². The molecule has 1 aliphatic heterocycles. The summed E-state index contributed by atoms with van der Waals surface area (Å²) in [5.74, 6) is -1.04. The summed E-state index contributed by atoms with van der Waals surface area (Å²) in [4.78, 5) is 21.1. The first-order valence-electron chi connectivity index (χ1n) is 4.01. The monoisotopic (exact) mass is 188 g/mol. The molecule has 0 saturated carbocycles. The summed E-state index contributed by atoms with van der Waals surface area (Å²) in [7, 11) is 1.34. The topological polar surface area (TPSA) is 79.2 Å². The van der Waals surface area contributed by atoms with Crippen LogP contribution in [0.1, 0.15) is 12.8 Å². The van der Waals surface area contributed by atoms with Crippen LogP contribution in [0, 0.1) is 4.91 Å². The van der Waals surface area contributed by atoms with Crippen LogP contribution in [0.5, 0.6) is 0 Å². The quantitative estimate of drug-likeness (QED) is 0.641. The van der Waals surface area contributed by atoms with E-state index in [0.717, 1.165) is 0 Å². The van der Waals surface area contributed by atoms with Gasteiger partial charge in [-0.15, -0.1) is 4.91 Å². The van der Waals surface area contributed by atoms with Crippen LogP contribution < -0.4 is 0 Å². The minimum absolute atomic E-state index is 0.0301. The number of nitroso groups, excluding NO2 is 1. The van der Waals surface area contributed by atoms with Gasteiger partial charge in [0.1, 0.15) is 0 Å². The molecule has 1 rings (SSSR count). The lowest BCUT2D eigenvalue weighted by molar-refractivity contribution is -0.169. The molecular formula is C7H12N2O4. The average Bonchev–Trinajstić information content (AvgIpc) is 2.17. The molecular weight excluding hydrogens is 176 g/mol. The van der Waals surface area contributed by atoms with Crippen LogP contribution in [-0.4, -0.2) is 41.9 Å². The molecule has 0 aromatic heterocycles. The summed E-state index contributed by atoms with van der Waals surface area (Å²) in [6, 6.07) is 0. The van der Waals surface area contributed by atoms with Gasteiger partial charge in [-0.1, -0.05) is 0 Å².